The van der Waals surface area contributed by atoms with E-state index in [0.29, 0.717) is 5.56 Å². The molecule has 0 aliphatic rings. The van der Waals surface area contributed by atoms with Crippen LogP contribution in [0.15, 0.2) is 35.0 Å². The van der Waals surface area contributed by atoms with Crippen molar-refractivity contribution in [1.82, 2.24) is 10.3 Å². The largest absolute Gasteiger partial charge is 0.412 e. The van der Waals surface area contributed by atoms with Crippen LogP contribution in [0, 0.1) is 0 Å². The van der Waals surface area contributed by atoms with Crippen molar-refractivity contribution in [2.24, 2.45) is 4.99 Å². The van der Waals surface area contributed by atoms with Gasteiger partial charge in [0.25, 0.3) is 0 Å². The fourth-order valence-corrected chi connectivity index (χ4v) is 1.56. The van der Waals surface area contributed by atoms with Crippen LogP contribution < -0.4 is 5.32 Å². The third-order valence-electron chi connectivity index (χ3n) is 2.72. The molecule has 0 aliphatic carbocycles. The van der Waals surface area contributed by atoms with E-state index in [0.717, 1.165) is 13.0 Å². The molecule has 7 heteroatoms. The minimum absolute atomic E-state index is 0.104. The van der Waals surface area contributed by atoms with Gasteiger partial charge in [-0.3, -0.25) is 14.8 Å². The quantitative estimate of drug-likeness (QED) is 0.671. The molecule has 0 fully saturated rings. The van der Waals surface area contributed by atoms with Crippen molar-refractivity contribution in [2.75, 3.05) is 20.6 Å². The Labute approximate surface area is 120 Å². The third-order valence-corrected chi connectivity index (χ3v) is 2.72. The number of Topliss-reactive ketones (excluding diaryl/α,β-unsaturated/α-hetero) is 1. The summed E-state index contributed by atoms with van der Waals surface area (Å²) < 4.78 is 37.7. The Hall–Kier alpha value is -2.02. The monoisotopic (exact) mass is 299 g/mol. The number of nitrogens with zero attached hydrogens (tertiary/aromatic N) is 2. The highest BCUT2D eigenvalue weighted by Crippen LogP contribution is 2.25. The Kier molecular flexibility index (Phi) is 5.78. The van der Waals surface area contributed by atoms with Crippen LogP contribution in [0.25, 0.3) is 0 Å². The lowest BCUT2D eigenvalue weighted by atomic mass is 10.1. The van der Waals surface area contributed by atoms with E-state index in [-0.39, 0.29) is 23.7 Å². The predicted octanol–water partition coefficient (Wildman–Crippen LogP) is 2.41. The molecule has 0 saturated heterocycles. The van der Waals surface area contributed by atoms with Crippen molar-refractivity contribution in [1.29, 1.82) is 0 Å². The second kappa shape index (κ2) is 7.12. The van der Waals surface area contributed by atoms with Crippen LogP contribution in [0.5, 0.6) is 0 Å². The van der Waals surface area contributed by atoms with Crippen molar-refractivity contribution < 1.29 is 18.0 Å². The smallest absolute Gasteiger partial charge is 0.313 e. The maximum atomic E-state index is 12.6. The Morgan fingerprint density at radius 1 is 1.48 bits per heavy atom. The van der Waals surface area contributed by atoms with Gasteiger partial charge in [0.05, 0.1) is 12.3 Å². The van der Waals surface area contributed by atoms with Gasteiger partial charge in [0, 0.05) is 24.4 Å². The first kappa shape index (κ1) is 17.0. The number of carbonyl (C=O) groups is 1. The molecule has 21 heavy (non-hydrogen) atoms. The summed E-state index contributed by atoms with van der Waals surface area (Å²) in [7, 11) is 3.02. The van der Waals surface area contributed by atoms with Crippen LogP contribution in [0.4, 0.5) is 13.2 Å². The van der Waals surface area contributed by atoms with Crippen molar-refractivity contribution in [3.8, 4) is 0 Å². The molecule has 0 bridgehead atoms. The number of pyridine rings is 1. The molecule has 4 nitrogen and oxygen atoms in total. The normalized spacial score (nSPS) is 13.4. The van der Waals surface area contributed by atoms with Gasteiger partial charge < -0.3 is 5.32 Å². The molecule has 0 amide bonds. The molecule has 1 aromatic rings. The first-order chi connectivity index (χ1) is 9.79. The Bertz CT molecular complexity index is 577. The average Bonchev–Trinajstić information content (AvgIpc) is 2.43. The first-order valence-electron chi connectivity index (χ1n) is 6.16. The van der Waals surface area contributed by atoms with E-state index >= 15 is 0 Å². The van der Waals surface area contributed by atoms with Gasteiger partial charge >= 0.3 is 6.18 Å². The summed E-state index contributed by atoms with van der Waals surface area (Å²) in [6.45, 7) is 1.08. The van der Waals surface area contributed by atoms with Gasteiger partial charge in [0.1, 0.15) is 5.69 Å². The highest BCUT2D eigenvalue weighted by Gasteiger charge is 2.30. The zero-order valence-electron chi connectivity index (χ0n) is 12.0. The molecule has 0 spiro atoms. The molecule has 0 radical (unpaired) electrons. The minimum Gasteiger partial charge on any atom is -0.313 e. The Morgan fingerprint density at radius 2 is 2.14 bits per heavy atom. The summed E-state index contributed by atoms with van der Waals surface area (Å²) in [6.07, 6.45) is -2.09. The van der Waals surface area contributed by atoms with Gasteiger partial charge in [-0.1, -0.05) is 0 Å². The topological polar surface area (TPSA) is 54.4 Å². The third kappa shape index (κ3) is 4.78. The van der Waals surface area contributed by atoms with E-state index in [9.17, 15) is 18.0 Å². The maximum absolute atomic E-state index is 12.6. The molecular weight excluding hydrogens is 283 g/mol. The number of aromatic nitrogens is 1. The van der Waals surface area contributed by atoms with Gasteiger partial charge in [0.2, 0.25) is 0 Å². The zero-order chi connectivity index (χ0) is 16.0. The predicted molar refractivity (Wildman–Crippen MR) is 74.8 cm³/mol. The first-order valence-corrected chi connectivity index (χ1v) is 6.16. The number of allylic oxidation sites excluding steroid dienone is 2. The zero-order valence-corrected chi connectivity index (χ0v) is 12.0. The van der Waals surface area contributed by atoms with Gasteiger partial charge in [-0.2, -0.15) is 13.2 Å². The highest BCUT2D eigenvalue weighted by molar-refractivity contribution is 6.10. The molecule has 0 atom stereocenters. The number of carbonyl (C=O) groups excluding carboxylic acids is 1. The summed E-state index contributed by atoms with van der Waals surface area (Å²) in [5.74, 6) is -0.244. The van der Waals surface area contributed by atoms with Crippen LogP contribution >= 0.6 is 0 Å². The molecular formula is C14H16F3N3O. The van der Waals surface area contributed by atoms with Crippen molar-refractivity contribution >= 4 is 11.5 Å². The molecule has 1 rings (SSSR count). The van der Waals surface area contributed by atoms with Crippen LogP contribution in [-0.2, 0) is 0 Å². The number of nitrogens with one attached hydrogen (secondary N) is 1. The molecule has 1 N–H and O–H groups in total. The SMILES string of the molecule is CN=C(/C=C(\C)C(F)(F)F)c1ccnc(C(=O)CNC)c1. The molecule has 1 aromatic heterocycles. The lowest BCUT2D eigenvalue weighted by Gasteiger charge is -2.08. The van der Waals surface area contributed by atoms with E-state index in [4.69, 9.17) is 0 Å². The molecule has 0 aromatic carbocycles. The lowest BCUT2D eigenvalue weighted by molar-refractivity contribution is -0.0912. The van der Waals surface area contributed by atoms with Crippen molar-refractivity contribution in [2.45, 2.75) is 13.1 Å². The van der Waals surface area contributed by atoms with Gasteiger partial charge in [-0.05, 0) is 32.2 Å². The van der Waals surface area contributed by atoms with E-state index < -0.39 is 11.7 Å². The van der Waals surface area contributed by atoms with E-state index in [1.54, 1.807) is 7.05 Å². The average molecular weight is 299 g/mol. The number of hydrogen-bond acceptors (Lipinski definition) is 4. The van der Waals surface area contributed by atoms with E-state index in [1.165, 1.54) is 25.4 Å². The number of ketones is 1. The molecule has 1 heterocycles. The fraction of sp³-hybridized carbons (Fsp3) is 0.357. The van der Waals surface area contributed by atoms with Crippen molar-refractivity contribution in [3.05, 3.63) is 41.2 Å². The summed E-state index contributed by atoms with van der Waals surface area (Å²) in [5, 5.41) is 2.70. The van der Waals surface area contributed by atoms with Crippen LogP contribution in [-0.4, -0.2) is 43.3 Å². The number of aliphatic imine (C=N–C) groups is 1. The summed E-state index contributed by atoms with van der Waals surface area (Å²) in [4.78, 5) is 19.5. The standard InChI is InChI=1S/C14H16F3N3O/c1-9(14(15,16)17)6-11(19-3)10-4-5-20-12(7-10)13(21)8-18-2/h4-7,18H,8H2,1-3H3/b9-6+,19-11?. The highest BCUT2D eigenvalue weighted by atomic mass is 19.4. The fourth-order valence-electron chi connectivity index (χ4n) is 1.56. The number of likely N-dealkylation sites (N-methyl/N-ethyl adjacent to an activating group) is 1. The molecule has 0 aliphatic heterocycles. The van der Waals surface area contributed by atoms with Gasteiger partial charge in [-0.25, -0.2) is 0 Å². The molecule has 0 saturated carbocycles. The maximum Gasteiger partial charge on any atom is 0.412 e. The Balaban J connectivity index is 3.14. The van der Waals surface area contributed by atoms with Crippen molar-refractivity contribution in [3.63, 3.8) is 0 Å². The summed E-state index contributed by atoms with van der Waals surface area (Å²) in [6, 6.07) is 2.95. The number of hydrogen-bond donors (Lipinski definition) is 1. The number of rotatable bonds is 5. The van der Waals surface area contributed by atoms with E-state index in [2.05, 4.69) is 15.3 Å². The molecule has 0 unspecified atom stereocenters. The molecule has 114 valence electrons. The lowest BCUT2D eigenvalue weighted by Crippen LogP contribution is -2.20. The van der Waals surface area contributed by atoms with Gasteiger partial charge in [0.15, 0.2) is 5.78 Å². The Morgan fingerprint density at radius 3 is 2.67 bits per heavy atom. The number of halogens is 3. The second-order valence-electron chi connectivity index (χ2n) is 4.32. The number of alkyl halides is 3. The van der Waals surface area contributed by atoms with Crippen LogP contribution in [0.3, 0.4) is 0 Å². The van der Waals surface area contributed by atoms with Crippen LogP contribution in [0.2, 0.25) is 0 Å². The van der Waals surface area contributed by atoms with E-state index in [1.807, 2.05) is 0 Å². The second-order valence-corrected chi connectivity index (χ2v) is 4.32. The summed E-state index contributed by atoms with van der Waals surface area (Å²) >= 11 is 0. The van der Waals surface area contributed by atoms with Crippen LogP contribution in [0.1, 0.15) is 23.0 Å². The van der Waals surface area contributed by atoms with Gasteiger partial charge in [-0.15, -0.1) is 0 Å². The minimum atomic E-state index is -4.41. The summed E-state index contributed by atoms with van der Waals surface area (Å²) in [5.41, 5.74) is -0.0228.